The molecule has 2 saturated carbocycles. The predicted molar refractivity (Wildman–Crippen MR) is 127 cm³/mol. The summed E-state index contributed by atoms with van der Waals surface area (Å²) in [5, 5.41) is 5.43. The molecule has 162 valence electrons. The lowest BCUT2D eigenvalue weighted by atomic mass is 9.63. The average Bonchev–Trinajstić information content (AvgIpc) is 3.57. The van der Waals surface area contributed by atoms with E-state index in [9.17, 15) is 9.59 Å². The number of carbonyl (C=O) groups is 2. The standard InChI is InChI=1S/C25H20Br2N2O3/c26-19-8-14(9-20(27)23(19)32-12-13-4-2-1-3-5-13)11-28-29-24(30)21-15-6-7-16(18-10-17(15)18)22(21)25(29)31/h1-9,11,15-18,21-22H,10,12H2/b28-11-/t15-,16-,17-,18-,21+,22+/m0/s1. The van der Waals surface area contributed by atoms with Crippen LogP contribution < -0.4 is 4.74 Å². The number of carbonyl (C=O) groups excluding carboxylic acids is 2. The molecule has 1 heterocycles. The molecule has 0 aromatic heterocycles. The van der Waals surface area contributed by atoms with E-state index in [-0.39, 0.29) is 35.5 Å². The van der Waals surface area contributed by atoms with Crippen LogP contribution in [0.1, 0.15) is 17.5 Å². The molecule has 0 spiro atoms. The highest BCUT2D eigenvalue weighted by Gasteiger charge is 2.67. The lowest BCUT2D eigenvalue weighted by Crippen LogP contribution is -2.40. The second-order valence-corrected chi connectivity index (χ2v) is 10.7. The third-order valence-electron chi connectivity index (χ3n) is 7.21. The van der Waals surface area contributed by atoms with Crippen LogP contribution in [0.15, 0.2) is 68.7 Å². The summed E-state index contributed by atoms with van der Waals surface area (Å²) in [5.74, 6) is 1.50. The molecule has 4 aliphatic carbocycles. The van der Waals surface area contributed by atoms with Crippen LogP contribution in [0.25, 0.3) is 0 Å². The van der Waals surface area contributed by atoms with Crippen LogP contribution in [-0.2, 0) is 16.2 Å². The molecule has 3 fully saturated rings. The SMILES string of the molecule is O=C1[C@@H]2[C@H]3C=C[C@@H]([C@@H]4C[C@@H]34)[C@H]2C(=O)N1/N=C\c1cc(Br)c(OCc2ccccc2)c(Br)c1. The number of hydrazone groups is 1. The molecule has 7 heteroatoms. The molecular weight excluding hydrogens is 536 g/mol. The first-order valence-electron chi connectivity index (χ1n) is 10.8. The summed E-state index contributed by atoms with van der Waals surface area (Å²) >= 11 is 7.12. The van der Waals surface area contributed by atoms with Gasteiger partial charge < -0.3 is 4.74 Å². The summed E-state index contributed by atoms with van der Waals surface area (Å²) in [6, 6.07) is 13.7. The van der Waals surface area contributed by atoms with E-state index >= 15 is 0 Å². The molecule has 2 bridgehead atoms. The molecule has 5 aliphatic rings. The van der Waals surface area contributed by atoms with Crippen LogP contribution in [0, 0.1) is 35.5 Å². The molecule has 7 rings (SSSR count). The molecule has 32 heavy (non-hydrogen) atoms. The molecule has 1 saturated heterocycles. The molecule has 1 aliphatic heterocycles. The molecule has 2 aromatic rings. The van der Waals surface area contributed by atoms with Crippen molar-refractivity contribution in [3.05, 3.63) is 74.7 Å². The van der Waals surface area contributed by atoms with Gasteiger partial charge >= 0.3 is 0 Å². The highest BCUT2D eigenvalue weighted by molar-refractivity contribution is 9.11. The summed E-state index contributed by atoms with van der Waals surface area (Å²) in [7, 11) is 0. The summed E-state index contributed by atoms with van der Waals surface area (Å²) < 4.78 is 7.49. The maximum atomic E-state index is 13.1. The van der Waals surface area contributed by atoms with Gasteiger partial charge in [0.05, 0.1) is 27.0 Å². The Balaban J connectivity index is 1.19. The van der Waals surface area contributed by atoms with Gasteiger partial charge in [-0.05, 0) is 85.2 Å². The zero-order chi connectivity index (χ0) is 22.0. The minimum absolute atomic E-state index is 0.151. The highest BCUT2D eigenvalue weighted by Crippen LogP contribution is 2.65. The summed E-state index contributed by atoms with van der Waals surface area (Å²) in [6.45, 7) is 0.448. The van der Waals surface area contributed by atoms with Crippen molar-refractivity contribution in [2.75, 3.05) is 0 Å². The molecule has 0 radical (unpaired) electrons. The number of imide groups is 1. The van der Waals surface area contributed by atoms with E-state index in [0.29, 0.717) is 24.2 Å². The monoisotopic (exact) mass is 554 g/mol. The minimum atomic E-state index is -0.231. The molecule has 2 aromatic carbocycles. The van der Waals surface area contributed by atoms with Crippen LogP contribution >= 0.6 is 31.9 Å². The van der Waals surface area contributed by atoms with Gasteiger partial charge in [0.2, 0.25) is 0 Å². The Morgan fingerprint density at radius 1 is 0.969 bits per heavy atom. The van der Waals surface area contributed by atoms with Crippen molar-refractivity contribution in [3.8, 4) is 5.75 Å². The topological polar surface area (TPSA) is 59.0 Å². The number of nitrogens with zero attached hydrogens (tertiary/aromatic N) is 2. The van der Waals surface area contributed by atoms with Crippen LogP contribution in [0.4, 0.5) is 0 Å². The van der Waals surface area contributed by atoms with E-state index < -0.39 is 0 Å². The molecule has 0 unspecified atom stereocenters. The van der Waals surface area contributed by atoms with Gasteiger partial charge in [-0.25, -0.2) is 0 Å². The Bertz CT molecular complexity index is 1120. The smallest absolute Gasteiger partial charge is 0.254 e. The quantitative estimate of drug-likeness (QED) is 0.290. The minimum Gasteiger partial charge on any atom is -0.487 e. The van der Waals surface area contributed by atoms with Gasteiger partial charge in [0.1, 0.15) is 12.4 Å². The Hall–Kier alpha value is -2.25. The zero-order valence-electron chi connectivity index (χ0n) is 17.0. The number of ether oxygens (including phenoxy) is 1. The Morgan fingerprint density at radius 3 is 2.16 bits per heavy atom. The number of amides is 2. The second kappa shape index (κ2) is 7.66. The van der Waals surface area contributed by atoms with E-state index in [2.05, 4.69) is 49.1 Å². The highest BCUT2D eigenvalue weighted by atomic mass is 79.9. The van der Waals surface area contributed by atoms with Gasteiger partial charge in [-0.15, -0.1) is 0 Å². The zero-order valence-corrected chi connectivity index (χ0v) is 20.2. The molecule has 5 nitrogen and oxygen atoms in total. The molecule has 2 amide bonds. The van der Waals surface area contributed by atoms with Gasteiger partial charge in [-0.2, -0.15) is 10.1 Å². The second-order valence-electron chi connectivity index (χ2n) is 8.98. The molecular formula is C25H20Br2N2O3. The van der Waals surface area contributed by atoms with Crippen LogP contribution in [0.3, 0.4) is 0 Å². The third kappa shape index (κ3) is 3.20. The van der Waals surface area contributed by atoms with Crippen LogP contribution in [0.2, 0.25) is 0 Å². The summed E-state index contributed by atoms with van der Waals surface area (Å²) in [5.41, 5.74) is 1.83. The van der Waals surface area contributed by atoms with Crippen molar-refractivity contribution in [2.45, 2.75) is 13.0 Å². The van der Waals surface area contributed by atoms with Crippen molar-refractivity contribution in [1.29, 1.82) is 0 Å². The van der Waals surface area contributed by atoms with E-state index in [1.807, 2.05) is 42.5 Å². The van der Waals surface area contributed by atoms with Crippen molar-refractivity contribution in [1.82, 2.24) is 5.01 Å². The Labute approximate surface area is 202 Å². The largest absolute Gasteiger partial charge is 0.487 e. The normalized spacial score (nSPS) is 31.9. The van der Waals surface area contributed by atoms with Gasteiger partial charge in [-0.1, -0.05) is 42.5 Å². The van der Waals surface area contributed by atoms with Crippen molar-refractivity contribution >= 4 is 49.9 Å². The molecule has 6 atom stereocenters. The average molecular weight is 556 g/mol. The van der Waals surface area contributed by atoms with Crippen molar-refractivity contribution in [2.24, 2.45) is 40.6 Å². The lowest BCUT2D eigenvalue weighted by molar-refractivity contribution is -0.140. The van der Waals surface area contributed by atoms with Gasteiger partial charge in [0.15, 0.2) is 0 Å². The summed E-state index contributed by atoms with van der Waals surface area (Å²) in [6.07, 6.45) is 7.06. The fourth-order valence-corrected chi connectivity index (χ4v) is 7.15. The fourth-order valence-electron chi connectivity index (χ4n) is 5.70. The van der Waals surface area contributed by atoms with Crippen molar-refractivity contribution in [3.63, 3.8) is 0 Å². The Morgan fingerprint density at radius 2 is 1.56 bits per heavy atom. The lowest BCUT2D eigenvalue weighted by Gasteiger charge is -2.37. The molecule has 0 N–H and O–H groups in total. The number of benzene rings is 2. The van der Waals surface area contributed by atoms with E-state index in [4.69, 9.17) is 4.74 Å². The first-order chi connectivity index (χ1) is 15.5. The fraction of sp³-hybridized carbons (Fsp3) is 0.320. The van der Waals surface area contributed by atoms with Crippen LogP contribution in [-0.4, -0.2) is 23.0 Å². The predicted octanol–water partition coefficient (Wildman–Crippen LogP) is 5.18. The number of hydrogen-bond acceptors (Lipinski definition) is 4. The van der Waals surface area contributed by atoms with Gasteiger partial charge in [-0.3, -0.25) is 9.59 Å². The van der Waals surface area contributed by atoms with Crippen molar-refractivity contribution < 1.29 is 14.3 Å². The van der Waals surface area contributed by atoms with Gasteiger partial charge in [0, 0.05) is 0 Å². The first kappa shape index (κ1) is 20.4. The number of allylic oxidation sites excluding steroid dienone is 2. The van der Waals surface area contributed by atoms with Crippen LogP contribution in [0.5, 0.6) is 5.75 Å². The third-order valence-corrected chi connectivity index (χ3v) is 8.39. The number of rotatable bonds is 5. The van der Waals surface area contributed by atoms with E-state index in [1.54, 1.807) is 6.21 Å². The van der Waals surface area contributed by atoms with Gasteiger partial charge in [0.25, 0.3) is 11.8 Å². The maximum absolute atomic E-state index is 13.1. The number of hydrogen-bond donors (Lipinski definition) is 0. The Kier molecular flexibility index (Phi) is 4.88. The maximum Gasteiger partial charge on any atom is 0.254 e. The number of halogens is 2. The first-order valence-corrected chi connectivity index (χ1v) is 12.4. The van der Waals surface area contributed by atoms with E-state index in [0.717, 1.165) is 31.5 Å². The summed E-state index contributed by atoms with van der Waals surface area (Å²) in [4.78, 5) is 26.1. The van der Waals surface area contributed by atoms with E-state index in [1.165, 1.54) is 0 Å².